The van der Waals surface area contributed by atoms with Gasteiger partial charge >= 0.3 is 0 Å². The van der Waals surface area contributed by atoms with Gasteiger partial charge in [-0.1, -0.05) is 0 Å². The second kappa shape index (κ2) is 7.20. The lowest BCUT2D eigenvalue weighted by Crippen LogP contribution is -1.89. The van der Waals surface area contributed by atoms with Crippen LogP contribution in [0.5, 0.6) is 5.75 Å². The first-order chi connectivity index (χ1) is 15.7. The quantitative estimate of drug-likeness (QED) is 0.404. The molecule has 0 unspecified atom stereocenters. The van der Waals surface area contributed by atoms with Crippen molar-refractivity contribution < 1.29 is 9.13 Å². The summed E-state index contributed by atoms with van der Waals surface area (Å²) in [5, 5.41) is 7.18. The Labute approximate surface area is 184 Å². The molecule has 0 amide bonds. The number of thiophene rings is 1. The van der Waals surface area contributed by atoms with Gasteiger partial charge < -0.3 is 9.72 Å². The number of H-pyrrole nitrogens is 2. The summed E-state index contributed by atoms with van der Waals surface area (Å²) in [5.74, 6) is 1.20. The second-order valence-corrected chi connectivity index (χ2v) is 8.06. The van der Waals surface area contributed by atoms with Crippen LogP contribution < -0.4 is 4.74 Å². The highest BCUT2D eigenvalue weighted by atomic mass is 32.1. The normalized spacial score (nSPS) is 11.4. The molecule has 8 nitrogen and oxygen atoms in total. The molecule has 10 heteroatoms. The number of hydrogen-bond acceptors (Lipinski definition) is 7. The first-order valence-electron chi connectivity index (χ1n) is 9.65. The van der Waals surface area contributed by atoms with Crippen molar-refractivity contribution in [3.05, 3.63) is 60.1 Å². The van der Waals surface area contributed by atoms with Gasteiger partial charge in [-0.3, -0.25) is 15.1 Å². The lowest BCUT2D eigenvalue weighted by Gasteiger charge is -2.03. The van der Waals surface area contributed by atoms with Crippen molar-refractivity contribution in [1.29, 1.82) is 0 Å². The van der Waals surface area contributed by atoms with Crippen molar-refractivity contribution in [1.82, 2.24) is 35.1 Å². The Hall–Kier alpha value is -4.18. The highest BCUT2D eigenvalue weighted by Crippen LogP contribution is 2.33. The molecular weight excluding hydrogens is 429 g/mol. The lowest BCUT2D eigenvalue weighted by molar-refractivity contribution is 0.413. The Morgan fingerprint density at radius 3 is 2.72 bits per heavy atom. The number of nitrogens with one attached hydrogen (secondary N) is 2. The van der Waals surface area contributed by atoms with E-state index in [9.17, 15) is 4.39 Å². The van der Waals surface area contributed by atoms with Crippen LogP contribution in [0.4, 0.5) is 4.39 Å². The molecule has 0 aliphatic rings. The van der Waals surface area contributed by atoms with E-state index in [1.807, 2.05) is 24.3 Å². The van der Waals surface area contributed by atoms with E-state index < -0.39 is 0 Å². The first-order valence-corrected chi connectivity index (χ1v) is 10.5. The van der Waals surface area contributed by atoms with Crippen molar-refractivity contribution in [2.24, 2.45) is 0 Å². The minimum atomic E-state index is -0.267. The minimum Gasteiger partial charge on any atom is -0.495 e. The van der Waals surface area contributed by atoms with Crippen LogP contribution >= 0.6 is 11.3 Å². The zero-order valence-electron chi connectivity index (χ0n) is 16.6. The number of halogens is 1. The van der Waals surface area contributed by atoms with Crippen molar-refractivity contribution in [2.75, 3.05) is 7.11 Å². The fourth-order valence-corrected chi connectivity index (χ4v) is 4.29. The van der Waals surface area contributed by atoms with E-state index in [1.54, 1.807) is 31.8 Å². The smallest absolute Gasteiger partial charge is 0.177 e. The number of aromatic nitrogens is 7. The van der Waals surface area contributed by atoms with Crippen molar-refractivity contribution in [3.63, 3.8) is 0 Å². The van der Waals surface area contributed by atoms with Crippen LogP contribution in [0.1, 0.15) is 0 Å². The Kier molecular flexibility index (Phi) is 4.18. The molecule has 0 saturated carbocycles. The van der Waals surface area contributed by atoms with Crippen LogP contribution in [-0.4, -0.2) is 42.2 Å². The Bertz CT molecular complexity index is 1600. The van der Waals surface area contributed by atoms with E-state index in [0.29, 0.717) is 38.9 Å². The van der Waals surface area contributed by atoms with Crippen LogP contribution in [0.2, 0.25) is 0 Å². The van der Waals surface area contributed by atoms with Gasteiger partial charge in [-0.15, -0.1) is 11.3 Å². The predicted octanol–water partition coefficient (Wildman–Crippen LogP) is 4.83. The van der Waals surface area contributed by atoms with Crippen LogP contribution in [0.25, 0.3) is 55.4 Å². The summed E-state index contributed by atoms with van der Waals surface area (Å²) in [6, 6.07) is 10.6. The highest BCUT2D eigenvalue weighted by molar-refractivity contribution is 7.13. The molecule has 0 radical (unpaired) electrons. The number of aromatic amines is 2. The van der Waals surface area contributed by atoms with E-state index in [0.717, 1.165) is 33.6 Å². The van der Waals surface area contributed by atoms with Gasteiger partial charge in [0, 0.05) is 18.0 Å². The number of pyridine rings is 3. The third-order valence-electron chi connectivity index (χ3n) is 5.08. The molecule has 0 aliphatic heterocycles. The van der Waals surface area contributed by atoms with Crippen molar-refractivity contribution in [3.8, 4) is 39.1 Å². The van der Waals surface area contributed by atoms with Gasteiger partial charge in [0.05, 0.1) is 34.9 Å². The van der Waals surface area contributed by atoms with E-state index in [2.05, 4.69) is 25.1 Å². The molecule has 0 spiro atoms. The van der Waals surface area contributed by atoms with Crippen LogP contribution in [0.3, 0.4) is 0 Å². The molecule has 2 N–H and O–H groups in total. The Morgan fingerprint density at radius 1 is 0.969 bits per heavy atom. The summed E-state index contributed by atoms with van der Waals surface area (Å²) >= 11 is 1.03. The fraction of sp³-hybridized carbons (Fsp3) is 0.0455. The number of rotatable bonds is 4. The molecule has 156 valence electrons. The molecule has 6 aromatic rings. The van der Waals surface area contributed by atoms with Crippen LogP contribution in [-0.2, 0) is 0 Å². The molecule has 32 heavy (non-hydrogen) atoms. The number of imidazole rings is 1. The first kappa shape index (κ1) is 18.6. The van der Waals surface area contributed by atoms with Gasteiger partial charge in [-0.05, 0) is 36.4 Å². The van der Waals surface area contributed by atoms with Gasteiger partial charge in [-0.2, -0.15) is 9.49 Å². The molecule has 0 fully saturated rings. The third kappa shape index (κ3) is 3.00. The summed E-state index contributed by atoms with van der Waals surface area (Å²) < 4.78 is 18.8. The zero-order chi connectivity index (χ0) is 21.7. The number of hydrogen-bond donors (Lipinski definition) is 2. The Morgan fingerprint density at radius 2 is 1.88 bits per heavy atom. The molecule has 0 atom stereocenters. The number of nitrogens with zero attached hydrogens (tertiary/aromatic N) is 5. The minimum absolute atomic E-state index is 0.267. The number of ether oxygens (including phenoxy) is 1. The lowest BCUT2D eigenvalue weighted by atomic mass is 10.1. The van der Waals surface area contributed by atoms with Gasteiger partial charge in [0.1, 0.15) is 22.5 Å². The number of fused-ring (bicyclic) bond motifs is 2. The van der Waals surface area contributed by atoms with E-state index in [1.165, 1.54) is 6.07 Å². The van der Waals surface area contributed by atoms with Crippen molar-refractivity contribution >= 4 is 33.4 Å². The van der Waals surface area contributed by atoms with E-state index in [-0.39, 0.29) is 5.13 Å². The van der Waals surface area contributed by atoms with Crippen molar-refractivity contribution in [2.45, 2.75) is 0 Å². The summed E-state index contributed by atoms with van der Waals surface area (Å²) in [4.78, 5) is 22.2. The molecule has 6 rings (SSSR count). The molecular formula is C22H14FN7OS. The summed E-state index contributed by atoms with van der Waals surface area (Å²) in [5.41, 5.74) is 5.64. The maximum atomic E-state index is 13.6. The third-order valence-corrected chi connectivity index (χ3v) is 5.96. The van der Waals surface area contributed by atoms with Gasteiger partial charge in [0.25, 0.3) is 0 Å². The van der Waals surface area contributed by atoms with Gasteiger partial charge in [0.15, 0.2) is 16.6 Å². The van der Waals surface area contributed by atoms with E-state index >= 15 is 0 Å². The molecule has 6 aromatic heterocycles. The number of methoxy groups -OCH3 is 1. The molecule has 0 aliphatic carbocycles. The van der Waals surface area contributed by atoms with Gasteiger partial charge in [-0.25, -0.2) is 9.97 Å². The summed E-state index contributed by atoms with van der Waals surface area (Å²) in [6.07, 6.45) is 5.05. The average Bonchev–Trinajstić information content (AvgIpc) is 3.55. The maximum Gasteiger partial charge on any atom is 0.177 e. The predicted molar refractivity (Wildman–Crippen MR) is 120 cm³/mol. The Balaban J connectivity index is 1.49. The van der Waals surface area contributed by atoms with Crippen LogP contribution in [0, 0.1) is 5.13 Å². The molecule has 0 aromatic carbocycles. The largest absolute Gasteiger partial charge is 0.495 e. The summed E-state index contributed by atoms with van der Waals surface area (Å²) in [7, 11) is 1.60. The summed E-state index contributed by atoms with van der Waals surface area (Å²) in [6.45, 7) is 0. The SMILES string of the molecule is COc1cncc(-c2ccc3[nH]nc(-c4nc5c(-c6ccc(F)s6)nccc5[nH]4)c3n2)c1. The van der Waals surface area contributed by atoms with Crippen LogP contribution in [0.15, 0.2) is 55.0 Å². The standard InChI is InChI=1S/C22H14FN7OS/c1-31-12-8-11(9-24-10-12)13-2-3-15-19(26-13)21(30-29-15)22-27-14-6-7-25-20(18(14)28-22)16-4-5-17(23)32-16/h2-10H,1H3,(H,27,28)(H,29,30). The highest BCUT2D eigenvalue weighted by Gasteiger charge is 2.18. The molecule has 0 saturated heterocycles. The molecule has 6 heterocycles. The maximum absolute atomic E-state index is 13.6. The second-order valence-electron chi connectivity index (χ2n) is 7.02. The zero-order valence-corrected chi connectivity index (χ0v) is 17.4. The van der Waals surface area contributed by atoms with Gasteiger partial charge in [0.2, 0.25) is 0 Å². The molecule has 0 bridgehead atoms. The monoisotopic (exact) mass is 443 g/mol. The fourth-order valence-electron chi connectivity index (χ4n) is 3.56. The average molecular weight is 443 g/mol. The van der Waals surface area contributed by atoms with E-state index in [4.69, 9.17) is 14.7 Å². The topological polar surface area (TPSA) is 105 Å².